The van der Waals surface area contributed by atoms with Gasteiger partial charge in [0.1, 0.15) is 5.75 Å². The van der Waals surface area contributed by atoms with Crippen LogP contribution in [0.25, 0.3) is 16.9 Å². The smallest absolute Gasteiger partial charge is 0.157 e. The first-order chi connectivity index (χ1) is 9.65. The van der Waals surface area contributed by atoms with Crippen molar-refractivity contribution >= 4 is 12.5 Å². The summed E-state index contributed by atoms with van der Waals surface area (Å²) in [5, 5.41) is 13.1. The zero-order chi connectivity index (χ0) is 14.5. The third kappa shape index (κ3) is 2.88. The lowest BCUT2D eigenvalue weighted by molar-refractivity contribution is 0.303. The summed E-state index contributed by atoms with van der Waals surface area (Å²) in [5.41, 5.74) is 3.94. The van der Waals surface area contributed by atoms with Crippen LogP contribution in [0.4, 0.5) is 0 Å². The van der Waals surface area contributed by atoms with Gasteiger partial charge in [0.05, 0.1) is 0 Å². The van der Waals surface area contributed by atoms with E-state index < -0.39 is 0 Å². The van der Waals surface area contributed by atoms with E-state index in [9.17, 15) is 5.11 Å². The average molecular weight is 267 g/mol. The quantitative estimate of drug-likeness (QED) is 0.500. The van der Waals surface area contributed by atoms with Gasteiger partial charge in [0.15, 0.2) is 5.76 Å². The highest BCUT2D eigenvalue weighted by Crippen LogP contribution is 2.27. The van der Waals surface area contributed by atoms with E-state index in [2.05, 4.69) is 18.5 Å². The summed E-state index contributed by atoms with van der Waals surface area (Å²) in [6.45, 7) is 9.05. The van der Waals surface area contributed by atoms with Gasteiger partial charge in [-0.1, -0.05) is 49.0 Å². The minimum atomic E-state index is 0.340. The van der Waals surface area contributed by atoms with Crippen molar-refractivity contribution in [2.75, 3.05) is 0 Å². The molecule has 0 unspecified atom stereocenters. The molecule has 0 amide bonds. The Balaban J connectivity index is 2.30. The molecule has 102 valence electrons. The van der Waals surface area contributed by atoms with Crippen molar-refractivity contribution in [3.05, 3.63) is 60.2 Å². The van der Waals surface area contributed by atoms with E-state index in [1.54, 1.807) is 6.07 Å². The molecule has 0 saturated heterocycles. The van der Waals surface area contributed by atoms with Gasteiger partial charge in [-0.3, -0.25) is 0 Å². The number of nitrogens with zero attached hydrogens (tertiary/aromatic N) is 1. The molecule has 0 aliphatic heterocycles. The summed E-state index contributed by atoms with van der Waals surface area (Å²) >= 11 is 0. The highest BCUT2D eigenvalue weighted by Gasteiger charge is 2.05. The fourth-order valence-electron chi connectivity index (χ4n) is 2.03. The van der Waals surface area contributed by atoms with E-state index in [0.29, 0.717) is 11.5 Å². The van der Waals surface area contributed by atoms with Crippen LogP contribution < -0.4 is 0 Å². The lowest BCUT2D eigenvalue weighted by Crippen LogP contribution is -1.87. The van der Waals surface area contributed by atoms with Crippen LogP contribution in [-0.2, 0) is 11.3 Å². The molecule has 20 heavy (non-hydrogen) atoms. The topological polar surface area (TPSA) is 41.8 Å². The molecule has 0 heterocycles. The highest BCUT2D eigenvalue weighted by atomic mass is 16.6. The molecular formula is C17H17NO2. The van der Waals surface area contributed by atoms with Crippen molar-refractivity contribution in [3.8, 4) is 16.9 Å². The fraction of sp³-hybridized carbons (Fsp3) is 0.118. The summed E-state index contributed by atoms with van der Waals surface area (Å²) < 4.78 is 0. The van der Waals surface area contributed by atoms with Crippen LogP contribution in [0.1, 0.15) is 18.1 Å². The number of hydrogen-bond donors (Lipinski definition) is 1. The third-order valence-corrected chi connectivity index (χ3v) is 3.18. The molecule has 1 N–H and O–H groups in total. The monoisotopic (exact) mass is 267 g/mol. The fourth-order valence-corrected chi connectivity index (χ4v) is 2.03. The van der Waals surface area contributed by atoms with Gasteiger partial charge in [0.2, 0.25) is 0 Å². The van der Waals surface area contributed by atoms with Crippen LogP contribution in [0.15, 0.2) is 54.2 Å². The maximum Gasteiger partial charge on any atom is 0.157 e. The maximum atomic E-state index is 9.71. The summed E-state index contributed by atoms with van der Waals surface area (Å²) in [6, 6.07) is 13.4. The Labute approximate surface area is 118 Å². The van der Waals surface area contributed by atoms with Crippen LogP contribution in [0.2, 0.25) is 0 Å². The molecular weight excluding hydrogens is 250 g/mol. The Hall–Kier alpha value is -2.55. The molecule has 0 spiro atoms. The summed E-state index contributed by atoms with van der Waals surface area (Å²) in [4.78, 5) is 4.91. The van der Waals surface area contributed by atoms with Gasteiger partial charge >= 0.3 is 0 Å². The number of hydrogen-bond acceptors (Lipinski definition) is 3. The number of aryl methyl sites for hydroxylation is 1. The predicted octanol–water partition coefficient (Wildman–Crippen LogP) is 4.22. The molecule has 0 bridgehead atoms. The maximum absolute atomic E-state index is 9.71. The van der Waals surface area contributed by atoms with E-state index in [1.807, 2.05) is 43.3 Å². The van der Waals surface area contributed by atoms with Crippen molar-refractivity contribution in [2.24, 2.45) is 5.16 Å². The van der Waals surface area contributed by atoms with E-state index >= 15 is 0 Å². The van der Waals surface area contributed by atoms with Crippen LogP contribution in [-0.4, -0.2) is 11.8 Å². The van der Waals surface area contributed by atoms with Gasteiger partial charge in [-0.25, -0.2) is 0 Å². The Morgan fingerprint density at radius 3 is 2.40 bits per heavy atom. The molecule has 0 aliphatic carbocycles. The molecule has 0 fully saturated rings. The van der Waals surface area contributed by atoms with Crippen molar-refractivity contribution in [3.63, 3.8) is 0 Å². The standard InChI is InChI=1S/C17H17NO2/c1-4-13-11-16(9-10-17(13)19)15-7-5-14(6-8-15)12(2)20-18-3/h5-11,19H,2-4H2,1H3. The first-order valence-electron chi connectivity index (χ1n) is 6.40. The van der Waals surface area contributed by atoms with E-state index in [0.717, 1.165) is 28.7 Å². The largest absolute Gasteiger partial charge is 0.508 e. The zero-order valence-electron chi connectivity index (χ0n) is 11.5. The van der Waals surface area contributed by atoms with Gasteiger partial charge in [0.25, 0.3) is 0 Å². The molecule has 0 atom stereocenters. The number of benzene rings is 2. The number of phenols is 1. The minimum absolute atomic E-state index is 0.340. The van der Waals surface area contributed by atoms with Crippen LogP contribution in [0.3, 0.4) is 0 Å². The lowest BCUT2D eigenvalue weighted by Gasteiger charge is -2.08. The predicted molar refractivity (Wildman–Crippen MR) is 82.6 cm³/mol. The molecule has 2 aromatic carbocycles. The van der Waals surface area contributed by atoms with E-state index in [-0.39, 0.29) is 0 Å². The van der Waals surface area contributed by atoms with Crippen molar-refractivity contribution < 1.29 is 9.94 Å². The van der Waals surface area contributed by atoms with Gasteiger partial charge in [-0.15, -0.1) is 0 Å². The summed E-state index contributed by atoms with van der Waals surface area (Å²) in [6.07, 6.45) is 0.799. The first kappa shape index (κ1) is 13.9. The SMILES string of the molecule is C=NOC(=C)c1ccc(-c2ccc(O)c(CC)c2)cc1. The van der Waals surface area contributed by atoms with Gasteiger partial charge in [-0.2, -0.15) is 0 Å². The third-order valence-electron chi connectivity index (χ3n) is 3.18. The highest BCUT2D eigenvalue weighted by molar-refractivity contribution is 5.68. The molecule has 3 heteroatoms. The van der Waals surface area contributed by atoms with Crippen LogP contribution in [0.5, 0.6) is 5.75 Å². The van der Waals surface area contributed by atoms with Crippen LogP contribution in [0, 0.1) is 0 Å². The second-order valence-corrected chi connectivity index (χ2v) is 4.42. The number of rotatable bonds is 5. The molecule has 0 aliphatic rings. The molecule has 0 radical (unpaired) electrons. The number of phenolic OH excluding ortho intramolecular Hbond substituents is 1. The van der Waals surface area contributed by atoms with Crippen LogP contribution >= 0.6 is 0 Å². The van der Waals surface area contributed by atoms with Crippen molar-refractivity contribution in [1.29, 1.82) is 0 Å². The molecule has 0 saturated carbocycles. The van der Waals surface area contributed by atoms with Gasteiger partial charge in [-0.05, 0) is 35.2 Å². The Bertz CT molecular complexity index is 630. The van der Waals surface area contributed by atoms with E-state index in [4.69, 9.17) is 4.84 Å². The van der Waals surface area contributed by atoms with E-state index in [1.165, 1.54) is 0 Å². The van der Waals surface area contributed by atoms with Gasteiger partial charge < -0.3 is 9.94 Å². The van der Waals surface area contributed by atoms with Gasteiger partial charge in [0, 0.05) is 12.3 Å². The number of oxime groups is 1. The molecule has 3 nitrogen and oxygen atoms in total. The average Bonchev–Trinajstić information content (AvgIpc) is 2.48. The van der Waals surface area contributed by atoms with Crippen molar-refractivity contribution in [1.82, 2.24) is 0 Å². The summed E-state index contributed by atoms with van der Waals surface area (Å²) in [7, 11) is 0. The second kappa shape index (κ2) is 6.06. The minimum Gasteiger partial charge on any atom is -0.508 e. The Kier molecular flexibility index (Phi) is 4.20. The molecule has 2 aromatic rings. The zero-order valence-corrected chi connectivity index (χ0v) is 11.5. The normalized spacial score (nSPS) is 10.1. The van der Waals surface area contributed by atoms with Crippen molar-refractivity contribution in [2.45, 2.75) is 13.3 Å². The molecule has 2 rings (SSSR count). The lowest BCUT2D eigenvalue weighted by atomic mass is 10.00. The molecule has 0 aromatic heterocycles. The second-order valence-electron chi connectivity index (χ2n) is 4.42. The first-order valence-corrected chi connectivity index (χ1v) is 6.40. The Morgan fingerprint density at radius 1 is 1.15 bits per heavy atom. The summed E-state index contributed by atoms with van der Waals surface area (Å²) in [5.74, 6) is 0.804. The Morgan fingerprint density at radius 2 is 1.80 bits per heavy atom. The number of aromatic hydroxyl groups is 1.